The van der Waals surface area contributed by atoms with Gasteiger partial charge in [-0.25, -0.2) is 22.7 Å². The van der Waals surface area contributed by atoms with Gasteiger partial charge in [0.25, 0.3) is 0 Å². The van der Waals surface area contributed by atoms with Crippen LogP contribution in [0, 0.1) is 0 Å². The minimum Gasteiger partial charge on any atom is -0.369 e. The van der Waals surface area contributed by atoms with E-state index in [2.05, 4.69) is 16.0 Å². The average molecular weight is 394 g/mol. The molecular weight excluding hydrogens is 370 g/mol. The molecule has 2 aliphatic heterocycles. The monoisotopic (exact) mass is 393 g/mol. The van der Waals surface area contributed by atoms with E-state index in [9.17, 15) is 8.42 Å². The van der Waals surface area contributed by atoms with Crippen LogP contribution in [0.25, 0.3) is 10.7 Å². The molecule has 4 heterocycles. The second kappa shape index (κ2) is 6.99. The third kappa shape index (κ3) is 3.19. The summed E-state index contributed by atoms with van der Waals surface area (Å²) in [6.07, 6.45) is 6.46. The van der Waals surface area contributed by atoms with Gasteiger partial charge >= 0.3 is 0 Å². The van der Waals surface area contributed by atoms with E-state index in [0.717, 1.165) is 17.1 Å². The number of piperidine rings is 1. The summed E-state index contributed by atoms with van der Waals surface area (Å²) in [4.78, 5) is 11.0. The lowest BCUT2D eigenvalue weighted by Gasteiger charge is -2.43. The normalized spacial score (nSPS) is 20.2. The second-order valence-electron chi connectivity index (χ2n) is 6.85. The molecule has 0 N–H and O–H groups in total. The van der Waals surface area contributed by atoms with E-state index in [0.29, 0.717) is 39.0 Å². The molecule has 0 aliphatic carbocycles. The third-order valence-corrected chi connectivity index (χ3v) is 8.58. The minimum absolute atomic E-state index is 0.223. The summed E-state index contributed by atoms with van der Waals surface area (Å²) >= 11 is 1.69. The van der Waals surface area contributed by atoms with Crippen LogP contribution in [0.2, 0.25) is 0 Å². The standard InChI is InChI=1S/C18H23N3O3S2/c1-2-12-26(22,23)21-9-5-18(6-10-21)16-14(4-11-24-18)13-15(25-16)17-19-7-3-8-20-17/h3,7-8,13H,2,4-6,9-12H2,1H3. The molecule has 1 saturated heterocycles. The number of thiophene rings is 1. The van der Waals surface area contributed by atoms with Crippen LogP contribution in [0.15, 0.2) is 24.5 Å². The quantitative estimate of drug-likeness (QED) is 0.799. The zero-order chi connectivity index (χ0) is 18.2. The molecule has 2 aromatic heterocycles. The van der Waals surface area contributed by atoms with Crippen molar-refractivity contribution in [2.24, 2.45) is 0 Å². The predicted molar refractivity (Wildman–Crippen MR) is 102 cm³/mol. The number of fused-ring (bicyclic) bond motifs is 2. The van der Waals surface area contributed by atoms with Gasteiger partial charge in [0.15, 0.2) is 5.82 Å². The Labute approximate surface area is 158 Å². The first-order valence-corrected chi connectivity index (χ1v) is 11.5. The molecular formula is C18H23N3O3S2. The molecule has 0 saturated carbocycles. The zero-order valence-corrected chi connectivity index (χ0v) is 16.5. The third-order valence-electron chi connectivity index (χ3n) is 5.14. The molecule has 0 unspecified atom stereocenters. The van der Waals surface area contributed by atoms with Crippen LogP contribution in [0.3, 0.4) is 0 Å². The van der Waals surface area contributed by atoms with Crippen molar-refractivity contribution >= 4 is 21.4 Å². The van der Waals surface area contributed by atoms with Crippen molar-refractivity contribution in [1.29, 1.82) is 0 Å². The van der Waals surface area contributed by atoms with E-state index in [-0.39, 0.29) is 11.4 Å². The number of sulfonamides is 1. The van der Waals surface area contributed by atoms with Crippen LogP contribution < -0.4 is 0 Å². The maximum atomic E-state index is 12.4. The smallest absolute Gasteiger partial charge is 0.214 e. The minimum atomic E-state index is -3.14. The van der Waals surface area contributed by atoms with Crippen molar-refractivity contribution in [1.82, 2.24) is 14.3 Å². The van der Waals surface area contributed by atoms with E-state index in [1.165, 1.54) is 10.4 Å². The van der Waals surface area contributed by atoms with E-state index in [4.69, 9.17) is 4.74 Å². The van der Waals surface area contributed by atoms with Crippen molar-refractivity contribution in [3.05, 3.63) is 35.0 Å². The summed E-state index contributed by atoms with van der Waals surface area (Å²) in [5.74, 6) is 0.964. The van der Waals surface area contributed by atoms with Gasteiger partial charge in [-0.2, -0.15) is 0 Å². The SMILES string of the molecule is CCCS(=O)(=O)N1CCC2(CC1)OCCc1cc(-c3ncccn3)sc12. The fourth-order valence-corrected chi connectivity index (χ4v) is 6.71. The largest absolute Gasteiger partial charge is 0.369 e. The Morgan fingerprint density at radius 1 is 1.27 bits per heavy atom. The predicted octanol–water partition coefficient (Wildman–Crippen LogP) is 2.81. The lowest BCUT2D eigenvalue weighted by molar-refractivity contribution is -0.0861. The topological polar surface area (TPSA) is 72.4 Å². The lowest BCUT2D eigenvalue weighted by Crippen LogP contribution is -2.48. The molecule has 0 radical (unpaired) electrons. The molecule has 2 aliphatic rings. The number of hydrogen-bond donors (Lipinski definition) is 0. The van der Waals surface area contributed by atoms with Crippen molar-refractivity contribution < 1.29 is 13.2 Å². The highest BCUT2D eigenvalue weighted by atomic mass is 32.2. The number of ether oxygens (including phenoxy) is 1. The molecule has 0 aromatic carbocycles. The number of aromatic nitrogens is 2. The molecule has 1 spiro atoms. The molecule has 8 heteroatoms. The molecule has 2 aromatic rings. The van der Waals surface area contributed by atoms with Crippen LogP contribution in [0.5, 0.6) is 0 Å². The van der Waals surface area contributed by atoms with E-state index in [1.807, 2.05) is 13.0 Å². The Bertz CT molecular complexity index is 872. The summed E-state index contributed by atoms with van der Waals surface area (Å²) in [7, 11) is -3.14. The highest BCUT2D eigenvalue weighted by molar-refractivity contribution is 7.89. The maximum absolute atomic E-state index is 12.4. The Morgan fingerprint density at radius 2 is 2.00 bits per heavy atom. The van der Waals surface area contributed by atoms with Crippen molar-refractivity contribution in [2.45, 2.75) is 38.2 Å². The van der Waals surface area contributed by atoms with Crippen LogP contribution >= 0.6 is 11.3 Å². The van der Waals surface area contributed by atoms with Gasteiger partial charge in [-0.05, 0) is 43.4 Å². The Hall–Kier alpha value is -1.35. The van der Waals surface area contributed by atoms with Gasteiger partial charge in [-0.1, -0.05) is 6.92 Å². The number of hydrogen-bond acceptors (Lipinski definition) is 6. The van der Waals surface area contributed by atoms with Gasteiger partial charge in [0.05, 0.1) is 17.2 Å². The average Bonchev–Trinajstić information content (AvgIpc) is 3.09. The van der Waals surface area contributed by atoms with Crippen molar-refractivity contribution in [2.75, 3.05) is 25.4 Å². The van der Waals surface area contributed by atoms with Crippen LogP contribution in [0.1, 0.15) is 36.6 Å². The van der Waals surface area contributed by atoms with Crippen LogP contribution in [0.4, 0.5) is 0 Å². The first-order chi connectivity index (χ1) is 12.5. The summed E-state index contributed by atoms with van der Waals surface area (Å²) in [6, 6.07) is 3.99. The van der Waals surface area contributed by atoms with Crippen LogP contribution in [-0.4, -0.2) is 48.1 Å². The van der Waals surface area contributed by atoms with Crippen LogP contribution in [-0.2, 0) is 26.8 Å². The second-order valence-corrected chi connectivity index (χ2v) is 9.99. The summed E-state index contributed by atoms with van der Waals surface area (Å²) in [6.45, 7) is 3.63. The van der Waals surface area contributed by atoms with Gasteiger partial charge in [-0.3, -0.25) is 0 Å². The highest BCUT2D eigenvalue weighted by Gasteiger charge is 2.44. The first-order valence-electron chi connectivity index (χ1n) is 9.06. The zero-order valence-electron chi connectivity index (χ0n) is 14.8. The Kier molecular flexibility index (Phi) is 4.85. The summed E-state index contributed by atoms with van der Waals surface area (Å²) in [5, 5.41) is 0. The summed E-state index contributed by atoms with van der Waals surface area (Å²) in [5.41, 5.74) is 0.942. The van der Waals surface area contributed by atoms with Gasteiger partial charge in [-0.15, -0.1) is 11.3 Å². The van der Waals surface area contributed by atoms with Gasteiger partial charge in [0, 0.05) is 30.4 Å². The van der Waals surface area contributed by atoms with Gasteiger partial charge < -0.3 is 4.74 Å². The highest BCUT2D eigenvalue weighted by Crippen LogP contribution is 2.47. The Balaban J connectivity index is 1.60. The lowest BCUT2D eigenvalue weighted by atomic mass is 9.86. The molecule has 0 bridgehead atoms. The van der Waals surface area contributed by atoms with E-state index < -0.39 is 10.0 Å². The van der Waals surface area contributed by atoms with Gasteiger partial charge in [0.1, 0.15) is 5.60 Å². The molecule has 0 amide bonds. The Morgan fingerprint density at radius 3 is 2.69 bits per heavy atom. The summed E-state index contributed by atoms with van der Waals surface area (Å²) < 4.78 is 32.6. The molecule has 1 fully saturated rings. The van der Waals surface area contributed by atoms with Gasteiger partial charge in [0.2, 0.25) is 10.0 Å². The molecule has 4 rings (SSSR count). The molecule has 0 atom stereocenters. The maximum Gasteiger partial charge on any atom is 0.214 e. The molecule has 140 valence electrons. The van der Waals surface area contributed by atoms with Crippen molar-refractivity contribution in [3.8, 4) is 10.7 Å². The van der Waals surface area contributed by atoms with E-state index >= 15 is 0 Å². The van der Waals surface area contributed by atoms with E-state index in [1.54, 1.807) is 28.0 Å². The van der Waals surface area contributed by atoms with Crippen molar-refractivity contribution in [3.63, 3.8) is 0 Å². The molecule has 26 heavy (non-hydrogen) atoms. The molecule has 6 nitrogen and oxygen atoms in total. The fourth-order valence-electron chi connectivity index (χ4n) is 3.84. The number of nitrogens with zero attached hydrogens (tertiary/aromatic N) is 3. The fraction of sp³-hybridized carbons (Fsp3) is 0.556. The first kappa shape index (κ1) is 18.0. The number of rotatable bonds is 4.